The van der Waals surface area contributed by atoms with Crippen molar-refractivity contribution in [3.63, 3.8) is 0 Å². The van der Waals surface area contributed by atoms with Crippen LogP contribution in [0.25, 0.3) is 0 Å². The molecule has 6 heteroatoms. The van der Waals surface area contributed by atoms with Crippen LogP contribution in [0.3, 0.4) is 0 Å². The quantitative estimate of drug-likeness (QED) is 0.612. The highest BCUT2D eigenvalue weighted by Gasteiger charge is 2.20. The van der Waals surface area contributed by atoms with Crippen molar-refractivity contribution in [2.75, 3.05) is 6.54 Å². The van der Waals surface area contributed by atoms with Crippen molar-refractivity contribution >= 4 is 54.8 Å². The Labute approximate surface area is 137 Å². The molecule has 0 saturated heterocycles. The predicted molar refractivity (Wildman–Crippen MR) is 86.6 cm³/mol. The van der Waals surface area contributed by atoms with Crippen molar-refractivity contribution in [3.8, 4) is 0 Å². The van der Waals surface area contributed by atoms with Crippen molar-refractivity contribution < 1.29 is 4.39 Å². The molecule has 1 N–H and O–H groups in total. The van der Waals surface area contributed by atoms with E-state index in [-0.39, 0.29) is 11.9 Å². The summed E-state index contributed by atoms with van der Waals surface area (Å²) in [6.45, 7) is 2.74. The van der Waals surface area contributed by atoms with Gasteiger partial charge >= 0.3 is 0 Å². The van der Waals surface area contributed by atoms with Gasteiger partial charge in [-0.15, -0.1) is 11.3 Å². The van der Waals surface area contributed by atoms with Gasteiger partial charge in [0.1, 0.15) is 5.82 Å². The normalized spacial score (nSPS) is 12.7. The van der Waals surface area contributed by atoms with Gasteiger partial charge < -0.3 is 5.32 Å². The first-order valence-electron chi connectivity index (χ1n) is 5.66. The van der Waals surface area contributed by atoms with Gasteiger partial charge in [-0.25, -0.2) is 4.39 Å². The first kappa shape index (κ1) is 15.4. The summed E-state index contributed by atoms with van der Waals surface area (Å²) >= 11 is 14.3. The summed E-state index contributed by atoms with van der Waals surface area (Å²) in [7, 11) is 0. The van der Waals surface area contributed by atoms with Crippen molar-refractivity contribution in [2.45, 2.75) is 13.0 Å². The van der Waals surface area contributed by atoms with E-state index in [1.54, 1.807) is 17.4 Å². The van der Waals surface area contributed by atoms with Gasteiger partial charge in [-0.2, -0.15) is 0 Å². The van der Waals surface area contributed by atoms with E-state index in [0.29, 0.717) is 15.1 Å². The van der Waals surface area contributed by atoms with Crippen LogP contribution in [-0.2, 0) is 0 Å². The maximum absolute atomic E-state index is 14.2. The Morgan fingerprint density at radius 2 is 2.11 bits per heavy atom. The van der Waals surface area contributed by atoms with E-state index in [2.05, 4.69) is 37.2 Å². The minimum Gasteiger partial charge on any atom is -0.306 e. The Balaban J connectivity index is 2.47. The molecule has 1 aromatic heterocycles. The number of nitrogens with one attached hydrogen (secondary N) is 1. The van der Waals surface area contributed by atoms with Gasteiger partial charge in [0.05, 0.1) is 14.9 Å². The summed E-state index contributed by atoms with van der Waals surface area (Å²) in [5.41, 5.74) is 0.560. The number of benzene rings is 1. The van der Waals surface area contributed by atoms with E-state index in [1.807, 2.05) is 19.1 Å². The summed E-state index contributed by atoms with van der Waals surface area (Å²) in [5, 5.41) is 3.80. The molecule has 1 atom stereocenters. The average molecular weight is 428 g/mol. The molecule has 0 aliphatic carbocycles. The minimum atomic E-state index is -0.272. The molecule has 0 radical (unpaired) electrons. The van der Waals surface area contributed by atoms with Crippen molar-refractivity contribution in [3.05, 3.63) is 53.8 Å². The molecule has 0 fully saturated rings. The molecule has 2 aromatic rings. The fourth-order valence-electron chi connectivity index (χ4n) is 1.81. The van der Waals surface area contributed by atoms with Gasteiger partial charge in [0.15, 0.2) is 0 Å². The van der Waals surface area contributed by atoms with Gasteiger partial charge in [-0.1, -0.05) is 18.5 Å². The Morgan fingerprint density at radius 3 is 2.68 bits per heavy atom. The molecule has 1 unspecified atom stereocenters. The number of rotatable bonds is 4. The van der Waals surface area contributed by atoms with Crippen LogP contribution in [0.2, 0.25) is 5.02 Å². The Morgan fingerprint density at radius 1 is 1.37 bits per heavy atom. The van der Waals surface area contributed by atoms with Crippen molar-refractivity contribution in [1.29, 1.82) is 0 Å². The van der Waals surface area contributed by atoms with Gasteiger partial charge in [0.2, 0.25) is 0 Å². The van der Waals surface area contributed by atoms with Crippen LogP contribution in [0.1, 0.15) is 23.4 Å². The minimum absolute atomic E-state index is 0.188. The topological polar surface area (TPSA) is 12.0 Å². The Hall–Kier alpha value is 0.0600. The van der Waals surface area contributed by atoms with E-state index in [1.165, 1.54) is 6.07 Å². The van der Waals surface area contributed by atoms with Crippen LogP contribution in [0, 0.1) is 5.82 Å². The third-order valence-electron chi connectivity index (χ3n) is 2.64. The first-order chi connectivity index (χ1) is 9.02. The van der Waals surface area contributed by atoms with Gasteiger partial charge in [-0.05, 0) is 62.7 Å². The van der Waals surface area contributed by atoms with Crippen LogP contribution < -0.4 is 5.32 Å². The fraction of sp³-hybridized carbons (Fsp3) is 0.231. The lowest BCUT2D eigenvalue weighted by molar-refractivity contribution is 0.562. The zero-order chi connectivity index (χ0) is 14.0. The maximum atomic E-state index is 14.2. The monoisotopic (exact) mass is 425 g/mol. The maximum Gasteiger partial charge on any atom is 0.129 e. The lowest BCUT2D eigenvalue weighted by atomic mass is 10.0. The molecular formula is C13H11Br2ClFNS. The third-order valence-corrected chi connectivity index (χ3v) is 5.52. The van der Waals surface area contributed by atoms with Gasteiger partial charge in [0, 0.05) is 14.9 Å². The van der Waals surface area contributed by atoms with E-state index in [4.69, 9.17) is 11.6 Å². The lowest BCUT2D eigenvalue weighted by Gasteiger charge is -2.18. The van der Waals surface area contributed by atoms with Crippen LogP contribution in [0.5, 0.6) is 0 Å². The molecule has 1 aromatic carbocycles. The van der Waals surface area contributed by atoms with Crippen LogP contribution >= 0.6 is 54.8 Å². The molecule has 19 heavy (non-hydrogen) atoms. The van der Waals surface area contributed by atoms with Gasteiger partial charge in [-0.3, -0.25) is 0 Å². The molecule has 0 aliphatic rings. The highest BCUT2D eigenvalue weighted by atomic mass is 79.9. The molecule has 0 saturated carbocycles. The van der Waals surface area contributed by atoms with E-state index >= 15 is 0 Å². The van der Waals surface area contributed by atoms with Crippen LogP contribution in [0.4, 0.5) is 4.39 Å². The summed E-state index contributed by atoms with van der Waals surface area (Å²) in [6, 6.07) is 6.83. The molecule has 0 spiro atoms. The van der Waals surface area contributed by atoms with Crippen LogP contribution in [-0.4, -0.2) is 6.54 Å². The molecule has 0 aliphatic heterocycles. The zero-order valence-electron chi connectivity index (χ0n) is 10.0. The second kappa shape index (κ2) is 6.68. The predicted octanol–water partition coefficient (Wildman–Crippen LogP) is 5.76. The second-order valence-corrected chi connectivity index (χ2v) is 7.68. The highest BCUT2D eigenvalue weighted by molar-refractivity contribution is 9.11. The van der Waals surface area contributed by atoms with Gasteiger partial charge in [0.25, 0.3) is 0 Å². The second-order valence-electron chi connectivity index (χ2n) is 3.92. The molecule has 1 nitrogen and oxygen atoms in total. The van der Waals surface area contributed by atoms with E-state index < -0.39 is 0 Å². The smallest absolute Gasteiger partial charge is 0.129 e. The Kier molecular flexibility index (Phi) is 5.43. The summed E-state index contributed by atoms with van der Waals surface area (Å²) < 4.78 is 15.8. The fourth-order valence-corrected chi connectivity index (χ4v) is 3.82. The summed E-state index contributed by atoms with van der Waals surface area (Å²) in [6.07, 6.45) is 0. The Bertz CT molecular complexity index is 588. The molecular weight excluding hydrogens is 416 g/mol. The summed E-state index contributed by atoms with van der Waals surface area (Å²) in [5.74, 6) is -0.272. The summed E-state index contributed by atoms with van der Waals surface area (Å²) in [4.78, 5) is 1.05. The average Bonchev–Trinajstić information content (AvgIpc) is 2.78. The molecule has 1 heterocycles. The largest absolute Gasteiger partial charge is 0.306 e. The van der Waals surface area contributed by atoms with E-state index in [9.17, 15) is 4.39 Å². The molecule has 102 valence electrons. The van der Waals surface area contributed by atoms with Crippen LogP contribution in [0.15, 0.2) is 32.5 Å². The molecule has 2 rings (SSSR count). The number of hydrogen-bond donors (Lipinski definition) is 1. The van der Waals surface area contributed by atoms with E-state index in [0.717, 1.165) is 15.2 Å². The lowest BCUT2D eigenvalue weighted by Crippen LogP contribution is -2.22. The standard InChI is InChI=1S/C13H11Br2ClFNS/c1-2-18-13(11-3-4-12(15)19-11)7-5-9(16)8(14)6-10(7)17/h3-6,13,18H,2H2,1H3. The number of halogens is 4. The van der Waals surface area contributed by atoms with Crippen molar-refractivity contribution in [1.82, 2.24) is 5.32 Å². The van der Waals surface area contributed by atoms with Crippen molar-refractivity contribution in [2.24, 2.45) is 0 Å². The number of thiophene rings is 1. The SMILES string of the molecule is CCNC(c1ccc(Br)s1)c1cc(Cl)c(Br)cc1F. The third kappa shape index (κ3) is 3.58. The molecule has 0 amide bonds. The number of hydrogen-bond acceptors (Lipinski definition) is 2. The highest BCUT2D eigenvalue weighted by Crippen LogP contribution is 2.35. The zero-order valence-corrected chi connectivity index (χ0v) is 14.8. The molecule has 0 bridgehead atoms. The first-order valence-corrected chi connectivity index (χ1v) is 8.44.